The van der Waals surface area contributed by atoms with Gasteiger partial charge >= 0.3 is 6.03 Å². The molecule has 130 valence electrons. The van der Waals surface area contributed by atoms with E-state index in [0.717, 1.165) is 29.0 Å². The van der Waals surface area contributed by atoms with E-state index in [2.05, 4.69) is 20.7 Å². The van der Waals surface area contributed by atoms with Gasteiger partial charge in [-0.25, -0.2) is 9.78 Å². The predicted octanol–water partition coefficient (Wildman–Crippen LogP) is 3.06. The van der Waals surface area contributed by atoms with Crippen molar-refractivity contribution in [3.05, 3.63) is 53.7 Å². The van der Waals surface area contributed by atoms with Crippen molar-refractivity contribution in [3.8, 4) is 11.5 Å². The Bertz CT molecular complexity index is 862. The number of hydrogen-bond donors (Lipinski definition) is 2. The summed E-state index contributed by atoms with van der Waals surface area (Å²) < 4.78 is 7.37. The quantitative estimate of drug-likeness (QED) is 0.748. The van der Waals surface area contributed by atoms with Crippen molar-refractivity contribution in [2.75, 3.05) is 11.9 Å². The van der Waals surface area contributed by atoms with Crippen molar-refractivity contribution >= 4 is 11.7 Å². The molecular formula is C18H21N5O2. The number of oxazole rings is 1. The van der Waals surface area contributed by atoms with E-state index in [-0.39, 0.29) is 6.03 Å². The zero-order valence-corrected chi connectivity index (χ0v) is 14.5. The molecule has 3 aromatic rings. The number of aryl methyl sites for hydroxylation is 3. The number of amides is 2. The van der Waals surface area contributed by atoms with Crippen molar-refractivity contribution in [1.29, 1.82) is 0 Å². The minimum atomic E-state index is -0.249. The van der Waals surface area contributed by atoms with Crippen LogP contribution in [0.1, 0.15) is 17.0 Å². The van der Waals surface area contributed by atoms with Gasteiger partial charge in [-0.05, 0) is 44.0 Å². The van der Waals surface area contributed by atoms with Crippen LogP contribution in [-0.4, -0.2) is 27.3 Å². The lowest BCUT2D eigenvalue weighted by Gasteiger charge is -2.08. The third-order valence-corrected chi connectivity index (χ3v) is 3.85. The molecule has 3 rings (SSSR count). The lowest BCUT2D eigenvalue weighted by atomic mass is 10.2. The highest BCUT2D eigenvalue weighted by molar-refractivity contribution is 5.89. The van der Waals surface area contributed by atoms with Crippen LogP contribution in [0.2, 0.25) is 0 Å². The molecule has 0 aliphatic carbocycles. The normalized spacial score (nSPS) is 10.7. The van der Waals surface area contributed by atoms with E-state index < -0.39 is 0 Å². The van der Waals surface area contributed by atoms with Crippen LogP contribution in [-0.2, 0) is 13.5 Å². The first kappa shape index (κ1) is 16.8. The Morgan fingerprint density at radius 1 is 1.32 bits per heavy atom. The van der Waals surface area contributed by atoms with E-state index in [4.69, 9.17) is 4.42 Å². The number of carbonyl (C=O) groups is 1. The van der Waals surface area contributed by atoms with E-state index >= 15 is 0 Å². The fourth-order valence-corrected chi connectivity index (χ4v) is 2.42. The average Bonchev–Trinajstić information content (AvgIpc) is 3.14. The smallest absolute Gasteiger partial charge is 0.319 e. The molecule has 0 fully saturated rings. The summed E-state index contributed by atoms with van der Waals surface area (Å²) in [6.07, 6.45) is 4.46. The molecule has 0 saturated heterocycles. The number of urea groups is 1. The monoisotopic (exact) mass is 339 g/mol. The van der Waals surface area contributed by atoms with E-state index in [1.807, 2.05) is 51.4 Å². The molecule has 25 heavy (non-hydrogen) atoms. The summed E-state index contributed by atoms with van der Waals surface area (Å²) in [5.74, 6) is 1.34. The summed E-state index contributed by atoms with van der Waals surface area (Å²) in [6.45, 7) is 4.32. The highest BCUT2D eigenvalue weighted by Crippen LogP contribution is 2.23. The Morgan fingerprint density at radius 3 is 2.84 bits per heavy atom. The van der Waals surface area contributed by atoms with Gasteiger partial charge in [0.15, 0.2) is 0 Å². The molecule has 0 aliphatic heterocycles. The Balaban J connectivity index is 1.57. The maximum atomic E-state index is 12.0. The van der Waals surface area contributed by atoms with E-state index in [9.17, 15) is 4.79 Å². The highest BCUT2D eigenvalue weighted by atomic mass is 16.4. The van der Waals surface area contributed by atoms with Gasteiger partial charge in [0.2, 0.25) is 5.89 Å². The number of benzene rings is 1. The first-order chi connectivity index (χ1) is 12.0. The van der Waals surface area contributed by atoms with Gasteiger partial charge in [-0.1, -0.05) is 6.07 Å². The molecule has 2 amide bonds. The fraction of sp³-hybridized carbons (Fsp3) is 0.278. The van der Waals surface area contributed by atoms with Crippen LogP contribution in [0.5, 0.6) is 0 Å². The maximum absolute atomic E-state index is 12.0. The molecule has 0 atom stereocenters. The summed E-state index contributed by atoms with van der Waals surface area (Å²) in [5, 5.41) is 9.76. The summed E-state index contributed by atoms with van der Waals surface area (Å²) in [5.41, 5.74) is 3.45. The molecule has 7 nitrogen and oxygen atoms in total. The second kappa shape index (κ2) is 7.21. The molecule has 2 heterocycles. The van der Waals surface area contributed by atoms with Crippen LogP contribution >= 0.6 is 0 Å². The van der Waals surface area contributed by atoms with Crippen molar-refractivity contribution < 1.29 is 9.21 Å². The van der Waals surface area contributed by atoms with Crippen molar-refractivity contribution in [3.63, 3.8) is 0 Å². The zero-order chi connectivity index (χ0) is 17.8. The fourth-order valence-electron chi connectivity index (χ4n) is 2.42. The van der Waals surface area contributed by atoms with E-state index in [1.165, 1.54) is 0 Å². The van der Waals surface area contributed by atoms with Crippen LogP contribution in [0.25, 0.3) is 11.5 Å². The molecule has 0 saturated carbocycles. The third-order valence-electron chi connectivity index (χ3n) is 3.85. The number of nitrogens with zero attached hydrogens (tertiary/aromatic N) is 3. The summed E-state index contributed by atoms with van der Waals surface area (Å²) in [7, 11) is 1.87. The number of carbonyl (C=O) groups excluding carboxylic acids is 1. The van der Waals surface area contributed by atoms with Gasteiger partial charge in [-0.15, -0.1) is 0 Å². The van der Waals surface area contributed by atoms with Crippen LogP contribution < -0.4 is 10.6 Å². The molecule has 0 radical (unpaired) electrons. The predicted molar refractivity (Wildman–Crippen MR) is 95.3 cm³/mol. The molecule has 2 aromatic heterocycles. The van der Waals surface area contributed by atoms with E-state index in [1.54, 1.807) is 10.9 Å². The zero-order valence-electron chi connectivity index (χ0n) is 14.5. The van der Waals surface area contributed by atoms with Crippen molar-refractivity contribution in [2.24, 2.45) is 7.05 Å². The third kappa shape index (κ3) is 4.26. The minimum Gasteiger partial charge on any atom is -0.441 e. The lowest BCUT2D eigenvalue weighted by Crippen LogP contribution is -2.30. The summed E-state index contributed by atoms with van der Waals surface area (Å²) in [6, 6.07) is 7.17. The second-order valence-electron chi connectivity index (χ2n) is 5.89. The summed E-state index contributed by atoms with van der Waals surface area (Å²) >= 11 is 0. The molecule has 2 N–H and O–H groups in total. The Hall–Kier alpha value is -3.09. The molecule has 0 aliphatic rings. The maximum Gasteiger partial charge on any atom is 0.319 e. The topological polar surface area (TPSA) is 85.0 Å². The van der Waals surface area contributed by atoms with Gasteiger partial charge in [-0.3, -0.25) is 4.68 Å². The molecule has 0 unspecified atom stereocenters. The van der Waals surface area contributed by atoms with Crippen LogP contribution in [0.15, 0.2) is 41.1 Å². The Morgan fingerprint density at radius 2 is 2.16 bits per heavy atom. The van der Waals surface area contributed by atoms with Crippen LogP contribution in [0.3, 0.4) is 0 Å². The minimum absolute atomic E-state index is 0.249. The van der Waals surface area contributed by atoms with Gasteiger partial charge in [-0.2, -0.15) is 5.10 Å². The van der Waals surface area contributed by atoms with Gasteiger partial charge in [0, 0.05) is 31.0 Å². The number of anilines is 1. The average molecular weight is 339 g/mol. The van der Waals surface area contributed by atoms with Crippen molar-refractivity contribution in [2.45, 2.75) is 20.3 Å². The number of aromatic nitrogens is 3. The first-order valence-electron chi connectivity index (χ1n) is 8.08. The van der Waals surface area contributed by atoms with Gasteiger partial charge in [0.05, 0.1) is 11.9 Å². The Kier molecular flexibility index (Phi) is 4.83. The van der Waals surface area contributed by atoms with Crippen LogP contribution in [0.4, 0.5) is 10.5 Å². The van der Waals surface area contributed by atoms with Gasteiger partial charge in [0.25, 0.3) is 0 Å². The Labute approximate surface area is 146 Å². The largest absolute Gasteiger partial charge is 0.441 e. The van der Waals surface area contributed by atoms with E-state index in [0.29, 0.717) is 18.1 Å². The van der Waals surface area contributed by atoms with Crippen LogP contribution in [0, 0.1) is 13.8 Å². The molecule has 0 spiro atoms. The lowest BCUT2D eigenvalue weighted by molar-refractivity contribution is 0.252. The van der Waals surface area contributed by atoms with Crippen molar-refractivity contribution in [1.82, 2.24) is 20.1 Å². The first-order valence-corrected chi connectivity index (χ1v) is 8.08. The number of nitrogens with one attached hydrogen (secondary N) is 2. The number of hydrogen-bond acceptors (Lipinski definition) is 4. The molecular weight excluding hydrogens is 318 g/mol. The standard InChI is InChI=1S/C18H21N5O2/c1-12-13(2)25-17(21-12)15-5-4-6-16(9-15)22-18(24)19-8-7-14-10-20-23(3)11-14/h4-6,9-11H,7-8H2,1-3H3,(H2,19,22,24). The van der Waals surface area contributed by atoms with Gasteiger partial charge < -0.3 is 15.1 Å². The van der Waals surface area contributed by atoms with Gasteiger partial charge in [0.1, 0.15) is 5.76 Å². The number of rotatable bonds is 5. The second-order valence-corrected chi connectivity index (χ2v) is 5.89. The summed E-state index contributed by atoms with van der Waals surface area (Å²) in [4.78, 5) is 16.4. The molecule has 7 heteroatoms. The molecule has 1 aromatic carbocycles. The SMILES string of the molecule is Cc1nc(-c2cccc(NC(=O)NCCc3cnn(C)c3)c2)oc1C. The highest BCUT2D eigenvalue weighted by Gasteiger charge is 2.09. The molecule has 0 bridgehead atoms.